The molecule has 0 aromatic heterocycles. The van der Waals surface area contributed by atoms with Crippen LogP contribution in [0.2, 0.25) is 0 Å². The molecule has 0 unspecified atom stereocenters. The van der Waals surface area contributed by atoms with E-state index in [0.29, 0.717) is 0 Å². The van der Waals surface area contributed by atoms with Gasteiger partial charge in [-0.05, 0) is 109 Å². The minimum Gasteiger partial charge on any atom is -0.310 e. The summed E-state index contributed by atoms with van der Waals surface area (Å²) in [4.78, 5) is 5.21. The Hall–Kier alpha value is -8.92. The van der Waals surface area contributed by atoms with Gasteiger partial charge in [-0.2, -0.15) is 0 Å². The van der Waals surface area contributed by atoms with Gasteiger partial charge in [0.15, 0.2) is 0 Å². The van der Waals surface area contributed by atoms with Gasteiger partial charge in [0.2, 0.25) is 0 Å². The molecule has 12 rings (SSSR count). The Morgan fingerprint density at radius 1 is 0.440 bits per heavy atom. The Balaban J connectivity index is 1.25. The number of unbranched alkanes of at least 4 members (excludes halogenated alkanes) is 3. The van der Waals surface area contributed by atoms with Crippen molar-refractivity contribution in [2.75, 3.05) is 9.80 Å². The summed E-state index contributed by atoms with van der Waals surface area (Å²) < 4.78 is 0. The number of aryl methyl sites for hydroxylation is 1. The molecule has 0 aliphatic carbocycles. The Morgan fingerprint density at radius 2 is 0.920 bits per heavy atom. The number of allylic oxidation sites excluding steroid dienone is 3. The maximum absolute atomic E-state index is 5.05. The summed E-state index contributed by atoms with van der Waals surface area (Å²) in [5.41, 5.74) is 25.4. The number of anilines is 5. The van der Waals surface area contributed by atoms with Crippen molar-refractivity contribution < 1.29 is 0 Å². The van der Waals surface area contributed by atoms with E-state index in [-0.39, 0.29) is 6.71 Å². The molecular formula is C72H59BN2. The lowest BCUT2D eigenvalue weighted by Gasteiger charge is -2.46. The average molecular weight is 963 g/mol. The molecule has 75 heavy (non-hydrogen) atoms. The molecule has 2 nitrogen and oxygen atoms in total. The molecule has 0 radical (unpaired) electrons. The molecule has 0 atom stereocenters. The average Bonchev–Trinajstić information content (AvgIpc) is 3.48. The van der Waals surface area contributed by atoms with Crippen molar-refractivity contribution in [1.29, 1.82) is 0 Å². The fourth-order valence-electron chi connectivity index (χ4n) is 11.7. The van der Waals surface area contributed by atoms with Gasteiger partial charge >= 0.3 is 0 Å². The van der Waals surface area contributed by atoms with E-state index in [9.17, 15) is 0 Å². The molecular weight excluding hydrogens is 904 g/mol. The Morgan fingerprint density at radius 3 is 1.45 bits per heavy atom. The summed E-state index contributed by atoms with van der Waals surface area (Å²) in [6.45, 7) is 11.8. The van der Waals surface area contributed by atoms with Crippen molar-refractivity contribution in [1.82, 2.24) is 0 Å². The summed E-state index contributed by atoms with van der Waals surface area (Å²) in [5.74, 6) is 0. The van der Waals surface area contributed by atoms with Crippen LogP contribution in [0.1, 0.15) is 49.3 Å². The molecule has 2 aliphatic rings. The van der Waals surface area contributed by atoms with Crippen LogP contribution in [0.4, 0.5) is 28.4 Å². The van der Waals surface area contributed by atoms with E-state index in [4.69, 9.17) is 6.58 Å². The largest absolute Gasteiger partial charge is 0.310 e. The predicted molar refractivity (Wildman–Crippen MR) is 323 cm³/mol. The molecule has 360 valence electrons. The van der Waals surface area contributed by atoms with Gasteiger partial charge in [0.1, 0.15) is 0 Å². The van der Waals surface area contributed by atoms with Crippen LogP contribution >= 0.6 is 0 Å². The minimum absolute atomic E-state index is 0.145. The normalized spacial score (nSPS) is 12.6. The molecule has 0 fully saturated rings. The highest BCUT2D eigenvalue weighted by atomic mass is 15.2. The molecule has 2 heterocycles. The number of para-hydroxylation sites is 1. The zero-order valence-electron chi connectivity index (χ0n) is 42.7. The summed E-state index contributed by atoms with van der Waals surface area (Å²) >= 11 is 0. The monoisotopic (exact) mass is 962 g/mol. The first-order valence-corrected chi connectivity index (χ1v) is 26.7. The molecule has 0 bridgehead atoms. The number of nitrogens with zero attached hydrogens (tertiary/aromatic N) is 2. The van der Waals surface area contributed by atoms with Crippen molar-refractivity contribution in [2.24, 2.45) is 0 Å². The molecule has 10 aromatic rings. The second-order valence-electron chi connectivity index (χ2n) is 19.9. The van der Waals surface area contributed by atoms with Crippen molar-refractivity contribution in [3.05, 3.63) is 290 Å². The topological polar surface area (TPSA) is 6.48 Å². The third-order valence-corrected chi connectivity index (χ3v) is 15.3. The van der Waals surface area contributed by atoms with Crippen LogP contribution in [0.3, 0.4) is 0 Å². The molecule has 2 aliphatic heterocycles. The fourth-order valence-corrected chi connectivity index (χ4v) is 11.7. The third kappa shape index (κ3) is 8.85. The smallest absolute Gasteiger partial charge is 0.252 e. The second-order valence-corrected chi connectivity index (χ2v) is 19.9. The quantitative estimate of drug-likeness (QED) is 0.0574. The van der Waals surface area contributed by atoms with Crippen LogP contribution in [0.25, 0.3) is 55.7 Å². The van der Waals surface area contributed by atoms with E-state index in [1.807, 2.05) is 6.08 Å². The molecule has 3 heteroatoms. The maximum Gasteiger partial charge on any atom is 0.252 e. The van der Waals surface area contributed by atoms with Gasteiger partial charge in [0.05, 0.1) is 11.4 Å². The van der Waals surface area contributed by atoms with Crippen molar-refractivity contribution >= 4 is 62.7 Å². The van der Waals surface area contributed by atoms with Gasteiger partial charge in [-0.3, -0.25) is 0 Å². The molecule has 0 spiro atoms. The lowest BCUT2D eigenvalue weighted by Crippen LogP contribution is -2.62. The van der Waals surface area contributed by atoms with E-state index in [1.54, 1.807) is 0 Å². The van der Waals surface area contributed by atoms with Crippen LogP contribution in [-0.4, -0.2) is 6.71 Å². The van der Waals surface area contributed by atoms with Gasteiger partial charge in [0.25, 0.3) is 6.71 Å². The van der Waals surface area contributed by atoms with Gasteiger partial charge < -0.3 is 9.80 Å². The first-order valence-electron chi connectivity index (χ1n) is 26.7. The number of hydrogen-bond acceptors (Lipinski definition) is 2. The summed E-state index contributed by atoms with van der Waals surface area (Å²) in [7, 11) is 0. The number of benzene rings is 10. The van der Waals surface area contributed by atoms with E-state index in [1.165, 1.54) is 97.1 Å². The molecule has 0 N–H and O–H groups in total. The highest BCUT2D eigenvalue weighted by Crippen LogP contribution is 2.51. The van der Waals surface area contributed by atoms with Gasteiger partial charge in [-0.15, -0.1) is 0 Å². The number of fused-ring (bicyclic) bond motifs is 4. The lowest BCUT2D eigenvalue weighted by atomic mass is 9.33. The highest BCUT2D eigenvalue weighted by Gasteiger charge is 2.45. The Labute approximate surface area is 444 Å². The predicted octanol–water partition coefficient (Wildman–Crippen LogP) is 17.5. The van der Waals surface area contributed by atoms with Gasteiger partial charge in [0, 0.05) is 39.4 Å². The van der Waals surface area contributed by atoms with Crippen LogP contribution in [-0.2, 0) is 6.42 Å². The SMILES string of the molecule is C=C/C(=C(\C(=C)c1ccccc1)N1c2ccc(-c3ccccc3)cc2B2c3cc(-c4ccccc4)ccc3N(c3c(-c4ccccc4)cccc3-c3ccccc3)c3cc(CCCCCC)cc1c32)c1ccccc1. The van der Waals surface area contributed by atoms with Gasteiger partial charge in [-0.1, -0.05) is 270 Å². The van der Waals surface area contributed by atoms with E-state index < -0.39 is 0 Å². The standard InChI is InChI=1S/C72H59BN2/c1-4-6-7-14-28-52-47-68-70-69(48-52)75(72-62(57-37-23-12-24-38-57)41-27-42-63(72)58-39-25-13-26-40-58)67-46-44-60(55-33-19-10-20-34-55)50-65(67)73(70)64-49-59(54-31-17-9-18-32-54)43-45-66(64)74(68)71(51(3)53-29-15-8-16-30-53)61(5-2)56-35-21-11-22-36-56/h5,8-13,15-27,29-50H,2-4,6-7,14,28H2,1H3/b71-61-. The molecule has 10 aromatic carbocycles. The first kappa shape index (κ1) is 47.1. The van der Waals surface area contributed by atoms with Crippen LogP contribution in [0.5, 0.6) is 0 Å². The van der Waals surface area contributed by atoms with Crippen LogP contribution in [0.15, 0.2) is 274 Å². The van der Waals surface area contributed by atoms with E-state index in [2.05, 4.69) is 272 Å². The van der Waals surface area contributed by atoms with Crippen LogP contribution < -0.4 is 26.2 Å². The van der Waals surface area contributed by atoms with Crippen molar-refractivity contribution in [3.8, 4) is 44.5 Å². The number of rotatable bonds is 15. The zero-order valence-corrected chi connectivity index (χ0v) is 42.7. The van der Waals surface area contributed by atoms with E-state index >= 15 is 0 Å². The first-order chi connectivity index (χ1) is 37.1. The minimum atomic E-state index is -0.145. The lowest BCUT2D eigenvalue weighted by molar-refractivity contribution is 0.667. The number of hydrogen-bond donors (Lipinski definition) is 0. The van der Waals surface area contributed by atoms with Crippen LogP contribution in [0, 0.1) is 0 Å². The highest BCUT2D eigenvalue weighted by molar-refractivity contribution is 7.00. The van der Waals surface area contributed by atoms with Crippen molar-refractivity contribution in [2.45, 2.75) is 39.0 Å². The van der Waals surface area contributed by atoms with Crippen molar-refractivity contribution in [3.63, 3.8) is 0 Å². The van der Waals surface area contributed by atoms with Gasteiger partial charge in [-0.25, -0.2) is 0 Å². The Kier molecular flexibility index (Phi) is 13.1. The Bertz CT molecular complexity index is 3660. The molecule has 0 amide bonds. The fraction of sp³-hybridized carbons (Fsp3) is 0.0833. The summed E-state index contributed by atoms with van der Waals surface area (Å²) in [6.07, 6.45) is 7.65. The maximum atomic E-state index is 5.05. The summed E-state index contributed by atoms with van der Waals surface area (Å²) in [5, 5.41) is 0. The van der Waals surface area contributed by atoms with E-state index in [0.717, 1.165) is 57.9 Å². The molecule has 0 saturated carbocycles. The zero-order chi connectivity index (χ0) is 50.7. The third-order valence-electron chi connectivity index (χ3n) is 15.3. The molecule has 0 saturated heterocycles. The second kappa shape index (κ2) is 20.9. The summed E-state index contributed by atoms with van der Waals surface area (Å²) in [6, 6.07) is 91.5.